The second-order valence-electron chi connectivity index (χ2n) is 22.7. The van der Waals surface area contributed by atoms with Crippen molar-refractivity contribution >= 4 is 95.5 Å². The average Bonchev–Trinajstić information content (AvgIpc) is 3.16. The molecule has 0 aliphatic rings. The van der Waals surface area contributed by atoms with E-state index >= 15 is 0 Å². The van der Waals surface area contributed by atoms with Crippen molar-refractivity contribution in [2.24, 2.45) is 46.4 Å². The number of carbonyl (C=O) groups excluding carboxylic acids is 12. The molecule has 90 heavy (non-hydrogen) atoms. The predicted molar refractivity (Wildman–Crippen MR) is 330 cm³/mol. The molecular weight excluding hydrogens is 1200 g/mol. The van der Waals surface area contributed by atoms with E-state index in [2.05, 4.69) is 65.8 Å². The zero-order valence-electron chi connectivity index (χ0n) is 51.9. The number of hydrogen-bond donors (Lipinski definition) is 19. The van der Waals surface area contributed by atoms with Crippen molar-refractivity contribution in [3.63, 3.8) is 0 Å². The van der Waals surface area contributed by atoms with Gasteiger partial charge in [-0.15, -0.1) is 0 Å². The molecule has 32 nitrogen and oxygen atoms in total. The van der Waals surface area contributed by atoms with Crippen LogP contribution in [0.25, 0.3) is 0 Å². The van der Waals surface area contributed by atoms with Gasteiger partial charge in [-0.3, -0.25) is 62.3 Å². The average molecular weight is 1290 g/mol. The first kappa shape index (κ1) is 79.8. The summed E-state index contributed by atoms with van der Waals surface area (Å²) in [6.07, 6.45) is -1.44. The number of unbranched alkanes of at least 4 members (excludes halogenated alkanes) is 2. The molecule has 23 N–H and O–H groups in total. The Morgan fingerprint density at radius 3 is 1.27 bits per heavy atom. The number of primary amides is 2. The molecular formula is C57H95N15O17S. The Balaban J connectivity index is 3.41. The number of amides is 12. The van der Waals surface area contributed by atoms with E-state index in [1.807, 2.05) is 6.92 Å². The highest BCUT2D eigenvalue weighted by Gasteiger charge is 2.37. The number of phenols is 1. The molecule has 0 aliphatic carbocycles. The van der Waals surface area contributed by atoms with Crippen LogP contribution in [0.5, 0.6) is 5.75 Å². The van der Waals surface area contributed by atoms with E-state index < -0.39 is 181 Å². The third-order valence-electron chi connectivity index (χ3n) is 14.0. The van der Waals surface area contributed by atoms with E-state index in [0.717, 1.165) is 0 Å². The minimum atomic E-state index is -1.86. The lowest BCUT2D eigenvalue weighted by Crippen LogP contribution is -2.61. The van der Waals surface area contributed by atoms with Crippen molar-refractivity contribution in [1.82, 2.24) is 53.2 Å². The Morgan fingerprint density at radius 2 is 0.867 bits per heavy atom. The van der Waals surface area contributed by atoms with Crippen LogP contribution in [0.15, 0.2) is 24.3 Å². The predicted octanol–water partition coefficient (Wildman–Crippen LogP) is -4.23. The highest BCUT2D eigenvalue weighted by molar-refractivity contribution is 7.80. The summed E-state index contributed by atoms with van der Waals surface area (Å²) in [5, 5.41) is 53.2. The summed E-state index contributed by atoms with van der Waals surface area (Å²) in [6.45, 7) is 10.0. The molecule has 0 spiro atoms. The number of aromatic hydroxyl groups is 1. The summed E-state index contributed by atoms with van der Waals surface area (Å²) in [4.78, 5) is 186. The molecule has 1 aromatic rings. The molecule has 11 atom stereocenters. The zero-order chi connectivity index (χ0) is 68.4. The number of carboxylic acid groups (broad SMARTS) is 2. The van der Waals surface area contributed by atoms with Gasteiger partial charge >= 0.3 is 11.9 Å². The number of carbonyl (C=O) groups is 14. The Labute approximate surface area is 528 Å². The van der Waals surface area contributed by atoms with E-state index in [1.54, 1.807) is 34.6 Å². The third-order valence-corrected chi connectivity index (χ3v) is 14.4. The molecule has 1 rings (SSSR count). The third kappa shape index (κ3) is 31.3. The molecule has 1 aromatic carbocycles. The maximum absolute atomic E-state index is 14.3. The molecule has 0 heterocycles. The van der Waals surface area contributed by atoms with Crippen LogP contribution in [-0.4, -0.2) is 184 Å². The fourth-order valence-electron chi connectivity index (χ4n) is 8.77. The fourth-order valence-corrected chi connectivity index (χ4v) is 9.03. The molecule has 12 amide bonds. The Bertz CT molecular complexity index is 2600. The number of phenolic OH excluding ortho intramolecular Hbond substituents is 1. The fraction of sp³-hybridized carbons (Fsp3) is 0.649. The van der Waals surface area contributed by atoms with Gasteiger partial charge in [-0.05, 0) is 106 Å². The van der Waals surface area contributed by atoms with Gasteiger partial charge in [0.1, 0.15) is 60.1 Å². The van der Waals surface area contributed by atoms with Crippen LogP contribution in [0.3, 0.4) is 0 Å². The van der Waals surface area contributed by atoms with Gasteiger partial charge in [0.2, 0.25) is 70.9 Å². The largest absolute Gasteiger partial charge is 0.508 e. The van der Waals surface area contributed by atoms with E-state index in [-0.39, 0.29) is 75.1 Å². The number of hydrogen-bond acceptors (Lipinski definition) is 19. The van der Waals surface area contributed by atoms with Crippen LogP contribution in [-0.2, 0) is 73.5 Å². The molecule has 0 bridgehead atoms. The molecule has 0 unspecified atom stereocenters. The number of thiol groups is 1. The summed E-state index contributed by atoms with van der Waals surface area (Å²) < 4.78 is 0. The second-order valence-corrected chi connectivity index (χ2v) is 23.1. The Hall–Kier alpha value is -8.17. The first-order valence-electron chi connectivity index (χ1n) is 29.8. The monoisotopic (exact) mass is 1290 g/mol. The van der Waals surface area contributed by atoms with Gasteiger partial charge in [0.15, 0.2) is 0 Å². The van der Waals surface area contributed by atoms with Gasteiger partial charge in [0, 0.05) is 18.6 Å². The smallest absolute Gasteiger partial charge is 0.326 e. The summed E-state index contributed by atoms with van der Waals surface area (Å²) in [7, 11) is 0. The Kier molecular flexibility index (Phi) is 37.2. The summed E-state index contributed by atoms with van der Waals surface area (Å²) in [6, 6.07) is -9.22. The number of nitrogens with two attached hydrogens (primary N) is 5. The van der Waals surface area contributed by atoms with Gasteiger partial charge in [0.05, 0.1) is 25.4 Å². The molecule has 0 aliphatic heterocycles. The summed E-state index contributed by atoms with van der Waals surface area (Å²) in [5.41, 5.74) is 28.9. The number of carboxylic acids is 2. The van der Waals surface area contributed by atoms with E-state index in [1.165, 1.54) is 24.3 Å². The SMILES string of the molecule is CC[C@H](C)[C@H](N)C(=O)N[C@@H](CCCCN)C(=O)N[C@@H](CC(N)=O)C(=O)N[C@@H](CC(N)=O)C(=O)N[C@@H](CC(C)C)C(=O)N[C@@H](CCCCN)C(=O)N[C@@H](CCC(=O)O)C(=O)N[C@@H](CS)C(=O)NCC(=O)N[C@@H](CC(C)C)C(=O)N[C@@H](Cc1ccc(O)cc1)C(=O)O. The topological polar surface area (TPSA) is 550 Å². The van der Waals surface area contributed by atoms with Crippen molar-refractivity contribution in [2.45, 2.75) is 192 Å². The molecule has 0 saturated heterocycles. The molecule has 0 saturated carbocycles. The zero-order valence-corrected chi connectivity index (χ0v) is 52.8. The van der Waals surface area contributed by atoms with Crippen LogP contribution in [0.4, 0.5) is 0 Å². The van der Waals surface area contributed by atoms with E-state index in [9.17, 15) is 82.4 Å². The quantitative estimate of drug-likeness (QED) is 0.0217. The van der Waals surface area contributed by atoms with Crippen LogP contribution in [0.1, 0.15) is 131 Å². The van der Waals surface area contributed by atoms with Crippen LogP contribution in [0.2, 0.25) is 0 Å². The number of rotatable bonds is 45. The number of nitrogens with one attached hydrogen (secondary N) is 10. The second kappa shape index (κ2) is 41.9. The van der Waals surface area contributed by atoms with Crippen LogP contribution in [0, 0.1) is 17.8 Å². The lowest BCUT2D eigenvalue weighted by Gasteiger charge is -2.28. The van der Waals surface area contributed by atoms with Crippen LogP contribution < -0.4 is 81.8 Å². The standard InChI is InChI=1S/C57H95N15O17S/c1-7-31(6)47(62)56(87)67-35(13-9-11-21-59)50(81)69-39(25-43(60)74)55(86)70-40(26-44(61)75)54(85)68-38(23-30(4)5)53(84)65-34(12-8-10-20-58)49(80)66-36(18-19-46(77)78)51(82)72-42(28-90)48(79)63-27-45(76)64-37(22-29(2)3)52(83)71-41(57(88)89)24-32-14-16-33(73)17-15-32/h14-17,29-31,34-42,47,73,90H,7-13,18-28,58-59,62H2,1-6H3,(H2,60,74)(H2,61,75)(H,63,79)(H,64,76)(H,65,84)(H,66,80)(H,67,87)(H,68,85)(H,69,81)(H,70,86)(H,71,83)(H,72,82)(H,77,78)(H,88,89)/t31-,34-,35-,36-,37-,38-,39-,40-,41-,42-,47-/m0/s1. The van der Waals surface area contributed by atoms with Gasteiger partial charge in [-0.2, -0.15) is 12.6 Å². The summed E-state index contributed by atoms with van der Waals surface area (Å²) >= 11 is 4.16. The van der Waals surface area contributed by atoms with Crippen LogP contribution >= 0.6 is 12.6 Å². The lowest BCUT2D eigenvalue weighted by molar-refractivity contribution is -0.142. The normalized spacial score (nSPS) is 14.8. The first-order chi connectivity index (χ1) is 42.3. The maximum Gasteiger partial charge on any atom is 0.326 e. The summed E-state index contributed by atoms with van der Waals surface area (Å²) in [5.74, 6) is -16.0. The maximum atomic E-state index is 14.3. The minimum Gasteiger partial charge on any atom is -0.508 e. The minimum absolute atomic E-state index is 0.0392. The Morgan fingerprint density at radius 1 is 0.489 bits per heavy atom. The van der Waals surface area contributed by atoms with Gasteiger partial charge in [0.25, 0.3) is 0 Å². The number of aliphatic carboxylic acids is 2. The first-order valence-corrected chi connectivity index (χ1v) is 30.5. The molecule has 0 aromatic heterocycles. The van der Waals surface area contributed by atoms with E-state index in [4.69, 9.17) is 28.7 Å². The molecule has 0 radical (unpaired) electrons. The lowest BCUT2D eigenvalue weighted by atomic mass is 9.98. The highest BCUT2D eigenvalue weighted by Crippen LogP contribution is 2.15. The molecule has 33 heteroatoms. The van der Waals surface area contributed by atoms with Gasteiger partial charge < -0.3 is 97.2 Å². The molecule has 0 fully saturated rings. The van der Waals surface area contributed by atoms with E-state index in [0.29, 0.717) is 31.2 Å². The number of benzene rings is 1. The van der Waals surface area contributed by atoms with Crippen molar-refractivity contribution < 1.29 is 82.4 Å². The highest BCUT2D eigenvalue weighted by atomic mass is 32.1. The molecule has 506 valence electrons. The van der Waals surface area contributed by atoms with Crippen molar-refractivity contribution in [2.75, 3.05) is 25.4 Å². The van der Waals surface area contributed by atoms with Crippen molar-refractivity contribution in [3.8, 4) is 5.75 Å². The van der Waals surface area contributed by atoms with Crippen molar-refractivity contribution in [1.29, 1.82) is 0 Å². The van der Waals surface area contributed by atoms with Gasteiger partial charge in [-0.1, -0.05) is 60.1 Å². The van der Waals surface area contributed by atoms with Crippen molar-refractivity contribution in [3.05, 3.63) is 29.8 Å². The van der Waals surface area contributed by atoms with Gasteiger partial charge in [-0.25, -0.2) is 4.79 Å².